The van der Waals surface area contributed by atoms with Crippen LogP contribution in [0.2, 0.25) is 0 Å². The molecule has 1 rings (SSSR count). The molecule has 4 heteroatoms. The fourth-order valence-corrected chi connectivity index (χ4v) is 2.11. The molecule has 0 heterocycles. The maximum absolute atomic E-state index is 12.1. The summed E-state index contributed by atoms with van der Waals surface area (Å²) in [6.07, 6.45) is 0.725. The number of carbonyl (C=O) groups is 1. The van der Waals surface area contributed by atoms with Gasteiger partial charge in [0.25, 0.3) is 5.91 Å². The van der Waals surface area contributed by atoms with E-state index in [1.54, 1.807) is 19.2 Å². The van der Waals surface area contributed by atoms with Gasteiger partial charge >= 0.3 is 0 Å². The van der Waals surface area contributed by atoms with Crippen molar-refractivity contribution in [2.45, 2.75) is 32.7 Å². The lowest BCUT2D eigenvalue weighted by atomic mass is 10.0. The van der Waals surface area contributed by atoms with Crippen molar-refractivity contribution in [2.75, 3.05) is 13.0 Å². The number of benzene rings is 1. The molecule has 1 amide bonds. The minimum atomic E-state index is -0.309. The van der Waals surface area contributed by atoms with Gasteiger partial charge < -0.3 is 10.1 Å². The van der Waals surface area contributed by atoms with E-state index in [4.69, 9.17) is 16.3 Å². The summed E-state index contributed by atoms with van der Waals surface area (Å²) in [5, 5.41) is 2.97. The summed E-state index contributed by atoms with van der Waals surface area (Å²) >= 11 is 5.71. The van der Waals surface area contributed by atoms with Crippen LogP contribution in [0.4, 0.5) is 0 Å². The molecule has 0 fully saturated rings. The summed E-state index contributed by atoms with van der Waals surface area (Å²) in [5.41, 5.74) is 1.30. The molecule has 0 spiro atoms. The normalized spacial score (nSPS) is 11.2. The molecular formula is C14H20ClNO2. The number of halogens is 1. The molecule has 100 valence electrons. The molecule has 18 heavy (non-hydrogen) atoms. The molecule has 0 aliphatic heterocycles. The second-order valence-electron chi connectivity index (χ2n) is 4.96. The highest BCUT2D eigenvalue weighted by molar-refractivity contribution is 6.17. The van der Waals surface area contributed by atoms with Crippen LogP contribution in [0.3, 0.4) is 0 Å². The van der Waals surface area contributed by atoms with Gasteiger partial charge in [-0.3, -0.25) is 4.79 Å². The number of amides is 1. The minimum Gasteiger partial charge on any atom is -0.496 e. The Bertz CT molecular complexity index is 430. The zero-order valence-electron chi connectivity index (χ0n) is 11.3. The first-order valence-electron chi connectivity index (χ1n) is 5.93. The molecule has 0 unspecified atom stereocenters. The summed E-state index contributed by atoms with van der Waals surface area (Å²) in [6.45, 7) is 5.86. The van der Waals surface area contributed by atoms with Crippen LogP contribution >= 0.6 is 11.6 Å². The highest BCUT2D eigenvalue weighted by atomic mass is 35.5. The Morgan fingerprint density at radius 3 is 2.67 bits per heavy atom. The molecule has 0 aliphatic carbocycles. The second kappa shape index (κ2) is 6.10. The number of aryl methyl sites for hydroxylation is 1. The van der Waals surface area contributed by atoms with Crippen molar-refractivity contribution >= 4 is 17.5 Å². The molecule has 3 nitrogen and oxygen atoms in total. The zero-order valence-corrected chi connectivity index (χ0v) is 12.1. The first-order valence-corrected chi connectivity index (χ1v) is 6.46. The number of ether oxygens (including phenoxy) is 1. The molecule has 0 saturated carbocycles. The average molecular weight is 270 g/mol. The first-order chi connectivity index (χ1) is 8.39. The first kappa shape index (κ1) is 14.8. The van der Waals surface area contributed by atoms with Crippen LogP contribution in [-0.2, 0) is 0 Å². The number of nitrogens with one attached hydrogen (secondary N) is 1. The molecule has 0 saturated heterocycles. The molecule has 0 aliphatic rings. The lowest BCUT2D eigenvalue weighted by Crippen LogP contribution is -2.43. The van der Waals surface area contributed by atoms with Gasteiger partial charge in [0.1, 0.15) is 5.75 Å². The number of hydrogen-bond donors (Lipinski definition) is 1. The maximum Gasteiger partial charge on any atom is 0.251 e. The Morgan fingerprint density at radius 2 is 2.11 bits per heavy atom. The van der Waals surface area contributed by atoms with Crippen LogP contribution in [-0.4, -0.2) is 24.4 Å². The zero-order chi connectivity index (χ0) is 13.8. The Balaban J connectivity index is 2.85. The number of hydrogen-bond acceptors (Lipinski definition) is 2. The lowest BCUT2D eigenvalue weighted by molar-refractivity contribution is 0.0911. The van der Waals surface area contributed by atoms with Gasteiger partial charge in [-0.2, -0.15) is 0 Å². The van der Waals surface area contributed by atoms with Crippen molar-refractivity contribution in [3.05, 3.63) is 29.3 Å². The summed E-state index contributed by atoms with van der Waals surface area (Å²) in [7, 11) is 1.60. The van der Waals surface area contributed by atoms with Crippen molar-refractivity contribution < 1.29 is 9.53 Å². The van der Waals surface area contributed by atoms with Gasteiger partial charge in [0, 0.05) is 17.0 Å². The summed E-state index contributed by atoms with van der Waals surface area (Å²) < 4.78 is 5.21. The van der Waals surface area contributed by atoms with Crippen LogP contribution in [0, 0.1) is 6.92 Å². The SMILES string of the molecule is COc1cc(C(=O)NC(C)(C)CCCl)ccc1C. The van der Waals surface area contributed by atoms with E-state index in [-0.39, 0.29) is 11.4 Å². The molecule has 0 aromatic heterocycles. The van der Waals surface area contributed by atoms with Crippen molar-refractivity contribution in [1.82, 2.24) is 5.32 Å². The predicted molar refractivity (Wildman–Crippen MR) is 74.6 cm³/mol. The summed E-state index contributed by atoms with van der Waals surface area (Å²) in [5.74, 6) is 1.13. The van der Waals surface area contributed by atoms with Crippen LogP contribution in [0.5, 0.6) is 5.75 Å². The monoisotopic (exact) mass is 269 g/mol. The van der Waals surface area contributed by atoms with Crippen LogP contribution in [0.15, 0.2) is 18.2 Å². The van der Waals surface area contributed by atoms with Gasteiger partial charge in [0.05, 0.1) is 7.11 Å². The Kier molecular flexibility index (Phi) is 5.03. The van der Waals surface area contributed by atoms with E-state index in [1.165, 1.54) is 0 Å². The molecular weight excluding hydrogens is 250 g/mol. The van der Waals surface area contributed by atoms with Crippen molar-refractivity contribution in [1.29, 1.82) is 0 Å². The number of carbonyl (C=O) groups excluding carboxylic acids is 1. The highest BCUT2D eigenvalue weighted by Gasteiger charge is 2.20. The van der Waals surface area contributed by atoms with E-state index < -0.39 is 0 Å². The largest absolute Gasteiger partial charge is 0.496 e. The van der Waals surface area contributed by atoms with Crippen molar-refractivity contribution in [3.63, 3.8) is 0 Å². The lowest BCUT2D eigenvalue weighted by Gasteiger charge is -2.25. The van der Waals surface area contributed by atoms with E-state index in [0.717, 1.165) is 17.7 Å². The van der Waals surface area contributed by atoms with Gasteiger partial charge in [-0.25, -0.2) is 0 Å². The fraction of sp³-hybridized carbons (Fsp3) is 0.500. The standard InChI is InChI=1S/C14H20ClNO2/c1-10-5-6-11(9-12(10)18-4)13(17)16-14(2,3)7-8-15/h5-6,9H,7-8H2,1-4H3,(H,16,17). The number of rotatable bonds is 5. The number of methoxy groups -OCH3 is 1. The highest BCUT2D eigenvalue weighted by Crippen LogP contribution is 2.19. The Hall–Kier alpha value is -1.22. The molecule has 0 atom stereocenters. The Morgan fingerprint density at radius 1 is 1.44 bits per heavy atom. The van der Waals surface area contributed by atoms with Crippen LogP contribution < -0.4 is 10.1 Å². The van der Waals surface area contributed by atoms with E-state index in [9.17, 15) is 4.79 Å². The quantitative estimate of drug-likeness (QED) is 0.834. The molecule has 1 aromatic rings. The van der Waals surface area contributed by atoms with Crippen LogP contribution in [0.25, 0.3) is 0 Å². The van der Waals surface area contributed by atoms with Gasteiger partial charge in [0.15, 0.2) is 0 Å². The third-order valence-electron chi connectivity index (χ3n) is 2.84. The second-order valence-corrected chi connectivity index (χ2v) is 5.34. The van der Waals surface area contributed by atoms with Crippen LogP contribution in [0.1, 0.15) is 36.2 Å². The van der Waals surface area contributed by atoms with Gasteiger partial charge in [0.2, 0.25) is 0 Å². The minimum absolute atomic E-state index is 0.108. The summed E-state index contributed by atoms with van der Waals surface area (Å²) in [4.78, 5) is 12.1. The number of alkyl halides is 1. The van der Waals surface area contributed by atoms with Crippen molar-refractivity contribution in [3.8, 4) is 5.75 Å². The predicted octanol–water partition coefficient (Wildman–Crippen LogP) is 3.14. The van der Waals surface area contributed by atoms with Gasteiger partial charge in [-0.05, 0) is 44.9 Å². The third kappa shape index (κ3) is 3.91. The molecule has 1 aromatic carbocycles. The molecule has 0 radical (unpaired) electrons. The maximum atomic E-state index is 12.1. The topological polar surface area (TPSA) is 38.3 Å². The van der Waals surface area contributed by atoms with Gasteiger partial charge in [-0.15, -0.1) is 11.6 Å². The van der Waals surface area contributed by atoms with E-state index in [2.05, 4.69) is 5.32 Å². The smallest absolute Gasteiger partial charge is 0.251 e. The molecule has 1 N–H and O–H groups in total. The van der Waals surface area contributed by atoms with E-state index in [0.29, 0.717) is 11.4 Å². The van der Waals surface area contributed by atoms with Crippen molar-refractivity contribution in [2.24, 2.45) is 0 Å². The Labute approximate surface area is 113 Å². The fourth-order valence-electron chi connectivity index (χ4n) is 1.64. The van der Waals surface area contributed by atoms with E-state index in [1.807, 2.05) is 26.8 Å². The average Bonchev–Trinajstić information content (AvgIpc) is 2.28. The van der Waals surface area contributed by atoms with Gasteiger partial charge in [-0.1, -0.05) is 6.07 Å². The molecule has 0 bridgehead atoms. The third-order valence-corrected chi connectivity index (χ3v) is 3.03. The van der Waals surface area contributed by atoms with E-state index >= 15 is 0 Å². The summed E-state index contributed by atoms with van der Waals surface area (Å²) in [6, 6.07) is 5.42.